The van der Waals surface area contributed by atoms with Gasteiger partial charge in [-0.1, -0.05) is 41.6 Å². The third-order valence-corrected chi connectivity index (χ3v) is 6.92. The Morgan fingerprint density at radius 1 is 1.00 bits per heavy atom. The van der Waals surface area contributed by atoms with Gasteiger partial charge in [0.05, 0.1) is 12.6 Å². The van der Waals surface area contributed by atoms with Crippen LogP contribution < -0.4 is 19.5 Å². The fourth-order valence-corrected chi connectivity index (χ4v) is 4.81. The predicted molar refractivity (Wildman–Crippen MR) is 151 cm³/mol. The number of rotatable bonds is 9. The van der Waals surface area contributed by atoms with Crippen LogP contribution in [0.1, 0.15) is 17.2 Å². The van der Waals surface area contributed by atoms with Crippen molar-refractivity contribution in [1.29, 1.82) is 0 Å². The van der Waals surface area contributed by atoms with E-state index in [-0.39, 0.29) is 19.9 Å². The average Bonchev–Trinajstić information content (AvgIpc) is 3.65. The topological polar surface area (TPSA) is 108 Å². The van der Waals surface area contributed by atoms with Gasteiger partial charge in [-0.3, -0.25) is 9.59 Å². The minimum Gasteiger partial charge on any atom is -0.497 e. The number of benzene rings is 4. The molecule has 0 radical (unpaired) electrons. The van der Waals surface area contributed by atoms with Gasteiger partial charge in [-0.05, 0) is 59.7 Å². The summed E-state index contributed by atoms with van der Waals surface area (Å²) in [5.41, 5.74) is 2.96. The van der Waals surface area contributed by atoms with Crippen LogP contribution in [0.2, 0.25) is 0 Å². The molecule has 1 N–H and O–H groups in total. The maximum Gasteiger partial charge on any atom is 0.251 e. The Kier molecular flexibility index (Phi) is 7.37. The molecule has 212 valence electrons. The summed E-state index contributed by atoms with van der Waals surface area (Å²) >= 11 is 0. The third kappa shape index (κ3) is 5.57. The second-order valence-electron chi connectivity index (χ2n) is 9.62. The summed E-state index contributed by atoms with van der Waals surface area (Å²) in [5, 5.41) is 11.2. The molecule has 1 unspecified atom stereocenters. The number of hydrogen-bond donors (Lipinski definition) is 1. The number of amides is 2. The second-order valence-corrected chi connectivity index (χ2v) is 9.62. The van der Waals surface area contributed by atoms with E-state index in [4.69, 9.17) is 14.2 Å². The van der Waals surface area contributed by atoms with Crippen LogP contribution in [0.4, 0.5) is 10.1 Å². The number of nitrogens with one attached hydrogen (secondary N) is 1. The molecule has 10 nitrogen and oxygen atoms in total. The highest BCUT2D eigenvalue weighted by Gasteiger charge is 2.33. The summed E-state index contributed by atoms with van der Waals surface area (Å²) in [6.07, 6.45) is 0. The van der Waals surface area contributed by atoms with E-state index in [0.717, 1.165) is 5.56 Å². The largest absolute Gasteiger partial charge is 0.497 e. The van der Waals surface area contributed by atoms with E-state index in [1.807, 2.05) is 30.3 Å². The van der Waals surface area contributed by atoms with Crippen molar-refractivity contribution in [3.63, 3.8) is 0 Å². The fraction of sp³-hybridized carbons (Fsp3) is 0.161. The smallest absolute Gasteiger partial charge is 0.251 e. The molecule has 5 aromatic rings. The van der Waals surface area contributed by atoms with Crippen molar-refractivity contribution in [3.05, 3.63) is 108 Å². The van der Waals surface area contributed by atoms with Crippen molar-refractivity contribution in [1.82, 2.24) is 19.9 Å². The van der Waals surface area contributed by atoms with Gasteiger partial charge >= 0.3 is 0 Å². The zero-order valence-corrected chi connectivity index (χ0v) is 22.6. The van der Waals surface area contributed by atoms with E-state index < -0.39 is 23.7 Å². The number of ether oxygens (including phenoxy) is 3. The Hall–Kier alpha value is -5.45. The van der Waals surface area contributed by atoms with Crippen molar-refractivity contribution >= 4 is 28.5 Å². The van der Waals surface area contributed by atoms with Gasteiger partial charge in [0.15, 0.2) is 11.5 Å². The first-order valence-electron chi connectivity index (χ1n) is 13.1. The Labute approximate surface area is 240 Å². The van der Waals surface area contributed by atoms with Crippen molar-refractivity contribution < 1.29 is 28.2 Å². The normalized spacial score (nSPS) is 12.6. The highest BCUT2D eigenvalue weighted by molar-refractivity contribution is 5.98. The maximum absolute atomic E-state index is 14.1. The first-order chi connectivity index (χ1) is 20.5. The molecule has 0 aliphatic carbocycles. The number of hydrogen-bond acceptors (Lipinski definition) is 7. The standard InChI is InChI=1S/C31H26FN5O5/c1-40-24-13-6-20(7-14-24)17-36(29(38)18-37-26-5-3-2-4-25(26)34-35-37)30(21-8-10-22(32)11-9-21)31(39)33-23-12-15-27-28(16-23)42-19-41-27/h2-16,30H,17-19H2,1H3,(H,33,39). The molecule has 1 aromatic heterocycles. The zero-order chi connectivity index (χ0) is 29.1. The van der Waals surface area contributed by atoms with E-state index >= 15 is 0 Å². The van der Waals surface area contributed by atoms with E-state index in [9.17, 15) is 14.0 Å². The Morgan fingerprint density at radius 3 is 2.55 bits per heavy atom. The molecular weight excluding hydrogens is 541 g/mol. The Morgan fingerprint density at radius 2 is 1.76 bits per heavy atom. The maximum atomic E-state index is 14.1. The Balaban J connectivity index is 1.38. The molecule has 2 heterocycles. The first kappa shape index (κ1) is 26.8. The van der Waals surface area contributed by atoms with Crippen LogP contribution >= 0.6 is 0 Å². The highest BCUT2D eigenvalue weighted by Crippen LogP contribution is 2.35. The van der Waals surface area contributed by atoms with Crippen molar-refractivity contribution in [3.8, 4) is 17.2 Å². The number of carbonyl (C=O) groups is 2. The number of methoxy groups -OCH3 is 1. The number of anilines is 1. The minimum absolute atomic E-state index is 0.0755. The van der Waals surface area contributed by atoms with Crippen LogP contribution in [0.25, 0.3) is 11.0 Å². The quantitative estimate of drug-likeness (QED) is 0.275. The van der Waals surface area contributed by atoms with Gasteiger partial charge in [0.2, 0.25) is 12.7 Å². The van der Waals surface area contributed by atoms with Crippen LogP contribution in [0.15, 0.2) is 91.0 Å². The number of aromatic nitrogens is 3. The second kappa shape index (κ2) is 11.6. The van der Waals surface area contributed by atoms with Gasteiger partial charge < -0.3 is 24.4 Å². The zero-order valence-electron chi connectivity index (χ0n) is 22.6. The summed E-state index contributed by atoms with van der Waals surface area (Å²) in [7, 11) is 1.57. The number of carbonyl (C=O) groups excluding carboxylic acids is 2. The number of halogens is 1. The molecule has 0 saturated carbocycles. The molecule has 0 spiro atoms. The van der Waals surface area contributed by atoms with E-state index in [2.05, 4.69) is 15.6 Å². The molecule has 1 aliphatic rings. The number of para-hydroxylation sites is 1. The molecular formula is C31H26FN5O5. The van der Waals surface area contributed by atoms with Crippen molar-refractivity contribution in [2.45, 2.75) is 19.1 Å². The summed E-state index contributed by atoms with van der Waals surface area (Å²) < 4.78 is 31.6. The van der Waals surface area contributed by atoms with Crippen molar-refractivity contribution in [2.75, 3.05) is 19.2 Å². The summed E-state index contributed by atoms with van der Waals surface area (Å²) in [5.74, 6) is 0.370. The minimum atomic E-state index is -1.12. The summed E-state index contributed by atoms with van der Waals surface area (Å²) in [6.45, 7) is -0.0101. The molecule has 1 atom stereocenters. The van der Waals surface area contributed by atoms with Crippen LogP contribution in [0.3, 0.4) is 0 Å². The van der Waals surface area contributed by atoms with E-state index in [1.165, 1.54) is 33.8 Å². The summed E-state index contributed by atoms with van der Waals surface area (Å²) in [6, 6.07) is 23.9. The van der Waals surface area contributed by atoms with Crippen molar-refractivity contribution in [2.24, 2.45) is 0 Å². The van der Waals surface area contributed by atoms with Crippen LogP contribution in [-0.2, 0) is 22.7 Å². The van der Waals surface area contributed by atoms with Gasteiger partial charge in [0, 0.05) is 18.3 Å². The molecule has 42 heavy (non-hydrogen) atoms. The SMILES string of the molecule is COc1ccc(CN(C(=O)Cn2nnc3ccccc32)C(C(=O)Nc2ccc3c(c2)OCO3)c2ccc(F)cc2)cc1. The van der Waals surface area contributed by atoms with Gasteiger partial charge in [-0.25, -0.2) is 9.07 Å². The predicted octanol–water partition coefficient (Wildman–Crippen LogP) is 4.72. The molecule has 6 rings (SSSR count). The average molecular weight is 568 g/mol. The molecule has 2 amide bonds. The number of fused-ring (bicyclic) bond motifs is 2. The molecule has 11 heteroatoms. The lowest BCUT2D eigenvalue weighted by Gasteiger charge is -2.31. The van der Waals surface area contributed by atoms with Crippen LogP contribution in [0, 0.1) is 5.82 Å². The first-order valence-corrected chi connectivity index (χ1v) is 13.1. The number of nitrogens with zero attached hydrogens (tertiary/aromatic N) is 4. The van der Waals surface area contributed by atoms with Crippen LogP contribution in [-0.4, -0.2) is 45.6 Å². The lowest BCUT2D eigenvalue weighted by Crippen LogP contribution is -2.42. The van der Waals surface area contributed by atoms with Gasteiger partial charge in [0.1, 0.15) is 29.7 Å². The van der Waals surface area contributed by atoms with E-state index in [0.29, 0.717) is 39.5 Å². The lowest BCUT2D eigenvalue weighted by molar-refractivity contribution is -0.140. The third-order valence-electron chi connectivity index (χ3n) is 6.92. The monoisotopic (exact) mass is 567 g/mol. The van der Waals surface area contributed by atoms with Gasteiger partial charge in [-0.2, -0.15) is 0 Å². The lowest BCUT2D eigenvalue weighted by atomic mass is 10.0. The van der Waals surface area contributed by atoms with Gasteiger partial charge in [0.25, 0.3) is 5.91 Å². The van der Waals surface area contributed by atoms with E-state index in [1.54, 1.807) is 43.5 Å². The summed E-state index contributed by atoms with van der Waals surface area (Å²) in [4.78, 5) is 29.6. The molecule has 0 saturated heterocycles. The van der Waals surface area contributed by atoms with Crippen LogP contribution in [0.5, 0.6) is 17.2 Å². The molecule has 4 aromatic carbocycles. The van der Waals surface area contributed by atoms with Gasteiger partial charge in [-0.15, -0.1) is 5.10 Å². The highest BCUT2D eigenvalue weighted by atomic mass is 19.1. The Bertz CT molecular complexity index is 1740. The molecule has 0 fully saturated rings. The fourth-order valence-electron chi connectivity index (χ4n) is 4.81. The molecule has 1 aliphatic heterocycles. The molecule has 0 bridgehead atoms.